The van der Waals surface area contributed by atoms with Crippen LogP contribution in [0.2, 0.25) is 10.0 Å². The van der Waals surface area contributed by atoms with Gasteiger partial charge in [-0.2, -0.15) is 0 Å². The van der Waals surface area contributed by atoms with Gasteiger partial charge in [0, 0.05) is 16.3 Å². The van der Waals surface area contributed by atoms with Crippen LogP contribution < -0.4 is 5.73 Å². The Hall–Kier alpha value is -0.830. The summed E-state index contributed by atoms with van der Waals surface area (Å²) in [6.45, 7) is 2.05. The van der Waals surface area contributed by atoms with Crippen molar-refractivity contribution in [1.29, 1.82) is 0 Å². The van der Waals surface area contributed by atoms with Crippen LogP contribution in [0.1, 0.15) is 11.1 Å². The number of hydrogen-bond donors (Lipinski definition) is 1. The second kappa shape index (κ2) is 5.87. The van der Waals surface area contributed by atoms with Crippen LogP contribution in [0.5, 0.6) is 0 Å². The van der Waals surface area contributed by atoms with Crippen LogP contribution in [-0.2, 0) is 5.75 Å². The van der Waals surface area contributed by atoms with E-state index in [0.29, 0.717) is 10.0 Å². The number of nitrogen functional groups attached to an aromatic ring is 1. The second-order valence-corrected chi connectivity index (χ2v) is 5.83. The van der Waals surface area contributed by atoms with E-state index in [-0.39, 0.29) is 0 Å². The van der Waals surface area contributed by atoms with Crippen molar-refractivity contribution in [2.75, 3.05) is 5.73 Å². The molecule has 0 spiro atoms. The standard InChI is InChI=1S/C14H13Cl2NS/c1-9-7-11(17)5-6-13(9)18-8-10-3-2-4-12(15)14(10)16/h2-7H,8,17H2,1H3. The summed E-state index contributed by atoms with van der Waals surface area (Å²) in [7, 11) is 0. The highest BCUT2D eigenvalue weighted by Crippen LogP contribution is 2.32. The Morgan fingerprint density at radius 1 is 1.17 bits per heavy atom. The third kappa shape index (κ3) is 3.14. The van der Waals surface area contributed by atoms with E-state index in [2.05, 4.69) is 6.92 Å². The van der Waals surface area contributed by atoms with Gasteiger partial charge in [0.15, 0.2) is 0 Å². The van der Waals surface area contributed by atoms with Gasteiger partial charge in [0.2, 0.25) is 0 Å². The van der Waals surface area contributed by atoms with Gasteiger partial charge in [0.05, 0.1) is 10.0 Å². The second-order valence-electron chi connectivity index (χ2n) is 4.03. The minimum Gasteiger partial charge on any atom is -0.399 e. The van der Waals surface area contributed by atoms with Crippen molar-refractivity contribution in [2.24, 2.45) is 0 Å². The topological polar surface area (TPSA) is 26.0 Å². The van der Waals surface area contributed by atoms with E-state index in [1.54, 1.807) is 17.8 Å². The molecular weight excluding hydrogens is 285 g/mol. The van der Waals surface area contributed by atoms with E-state index in [0.717, 1.165) is 17.0 Å². The molecule has 0 atom stereocenters. The highest BCUT2D eigenvalue weighted by atomic mass is 35.5. The first-order valence-electron chi connectivity index (χ1n) is 5.50. The summed E-state index contributed by atoms with van der Waals surface area (Å²) in [5.74, 6) is 0.796. The molecule has 0 amide bonds. The van der Waals surface area contributed by atoms with Gasteiger partial charge < -0.3 is 5.73 Å². The molecule has 0 saturated heterocycles. The van der Waals surface area contributed by atoms with Crippen molar-refractivity contribution in [3.05, 3.63) is 57.6 Å². The number of benzene rings is 2. The monoisotopic (exact) mass is 297 g/mol. The largest absolute Gasteiger partial charge is 0.399 e. The lowest BCUT2D eigenvalue weighted by Crippen LogP contribution is -1.88. The van der Waals surface area contributed by atoms with E-state index in [1.165, 1.54) is 10.5 Å². The third-order valence-corrected chi connectivity index (χ3v) is 4.70. The Morgan fingerprint density at radius 3 is 2.67 bits per heavy atom. The normalized spacial score (nSPS) is 10.6. The van der Waals surface area contributed by atoms with Gasteiger partial charge in [-0.25, -0.2) is 0 Å². The molecule has 0 radical (unpaired) electrons. The molecule has 2 rings (SSSR count). The van der Waals surface area contributed by atoms with Crippen molar-refractivity contribution < 1.29 is 0 Å². The van der Waals surface area contributed by atoms with E-state index in [9.17, 15) is 0 Å². The zero-order chi connectivity index (χ0) is 13.1. The lowest BCUT2D eigenvalue weighted by Gasteiger charge is -2.08. The Bertz CT molecular complexity index is 570. The Labute approximate surface area is 121 Å². The van der Waals surface area contributed by atoms with Gasteiger partial charge in [-0.15, -0.1) is 11.8 Å². The molecule has 0 aromatic heterocycles. The molecule has 0 unspecified atom stereocenters. The van der Waals surface area contributed by atoms with Gasteiger partial charge in [-0.05, 0) is 42.3 Å². The van der Waals surface area contributed by atoms with Crippen molar-refractivity contribution in [2.45, 2.75) is 17.6 Å². The van der Waals surface area contributed by atoms with Crippen molar-refractivity contribution >= 4 is 40.7 Å². The average molecular weight is 298 g/mol. The summed E-state index contributed by atoms with van der Waals surface area (Å²) in [4.78, 5) is 1.21. The molecule has 1 nitrogen and oxygen atoms in total. The van der Waals surface area contributed by atoms with Gasteiger partial charge in [0.1, 0.15) is 0 Å². The number of thioether (sulfide) groups is 1. The third-order valence-electron chi connectivity index (χ3n) is 2.61. The van der Waals surface area contributed by atoms with E-state index < -0.39 is 0 Å². The Balaban J connectivity index is 2.14. The predicted molar refractivity (Wildman–Crippen MR) is 81.6 cm³/mol. The van der Waals surface area contributed by atoms with Crippen LogP contribution in [0.25, 0.3) is 0 Å². The maximum absolute atomic E-state index is 6.16. The van der Waals surface area contributed by atoms with E-state index in [4.69, 9.17) is 28.9 Å². The van der Waals surface area contributed by atoms with Crippen molar-refractivity contribution in [3.63, 3.8) is 0 Å². The highest BCUT2D eigenvalue weighted by Gasteiger charge is 2.06. The zero-order valence-electron chi connectivity index (χ0n) is 9.91. The lowest BCUT2D eigenvalue weighted by atomic mass is 10.2. The zero-order valence-corrected chi connectivity index (χ0v) is 12.2. The number of rotatable bonds is 3. The maximum Gasteiger partial charge on any atom is 0.0632 e. The molecule has 0 heterocycles. The van der Waals surface area contributed by atoms with Gasteiger partial charge in [-0.3, -0.25) is 0 Å². The van der Waals surface area contributed by atoms with Crippen molar-refractivity contribution in [1.82, 2.24) is 0 Å². The fourth-order valence-electron chi connectivity index (χ4n) is 1.65. The van der Waals surface area contributed by atoms with E-state index >= 15 is 0 Å². The maximum atomic E-state index is 6.16. The van der Waals surface area contributed by atoms with Crippen LogP contribution in [0.15, 0.2) is 41.3 Å². The Kier molecular flexibility index (Phi) is 4.44. The summed E-state index contributed by atoms with van der Waals surface area (Å²) >= 11 is 13.9. The van der Waals surface area contributed by atoms with Crippen LogP contribution in [-0.4, -0.2) is 0 Å². The summed E-state index contributed by atoms with van der Waals surface area (Å²) in [6.07, 6.45) is 0. The highest BCUT2D eigenvalue weighted by molar-refractivity contribution is 7.98. The molecule has 2 aromatic carbocycles. The van der Waals surface area contributed by atoms with Crippen molar-refractivity contribution in [3.8, 4) is 0 Å². The molecule has 0 saturated carbocycles. The molecule has 2 N–H and O–H groups in total. The SMILES string of the molecule is Cc1cc(N)ccc1SCc1cccc(Cl)c1Cl. The molecule has 0 aliphatic rings. The Morgan fingerprint density at radius 2 is 1.94 bits per heavy atom. The van der Waals surface area contributed by atoms with Gasteiger partial charge in [0.25, 0.3) is 0 Å². The average Bonchev–Trinajstić information content (AvgIpc) is 2.33. The molecule has 0 bridgehead atoms. The summed E-state index contributed by atoms with van der Waals surface area (Å²) in [5, 5.41) is 1.24. The number of aryl methyl sites for hydroxylation is 1. The van der Waals surface area contributed by atoms with E-state index in [1.807, 2.05) is 30.3 Å². The molecule has 0 aliphatic heterocycles. The summed E-state index contributed by atoms with van der Waals surface area (Å²) < 4.78 is 0. The molecule has 2 aromatic rings. The minimum absolute atomic E-state index is 0.601. The number of hydrogen-bond acceptors (Lipinski definition) is 2. The van der Waals surface area contributed by atoms with Gasteiger partial charge in [-0.1, -0.05) is 35.3 Å². The predicted octanol–water partition coefficient (Wildman–Crippen LogP) is 5.18. The molecular formula is C14H13Cl2NS. The number of anilines is 1. The van der Waals surface area contributed by atoms with Crippen LogP contribution in [0, 0.1) is 6.92 Å². The first-order chi connectivity index (χ1) is 8.58. The minimum atomic E-state index is 0.601. The molecule has 4 heteroatoms. The van der Waals surface area contributed by atoms with Crippen LogP contribution in [0.3, 0.4) is 0 Å². The fourth-order valence-corrected chi connectivity index (χ4v) is 3.12. The first-order valence-corrected chi connectivity index (χ1v) is 7.24. The fraction of sp³-hybridized carbons (Fsp3) is 0.143. The lowest BCUT2D eigenvalue weighted by molar-refractivity contribution is 1.29. The molecule has 0 aliphatic carbocycles. The smallest absolute Gasteiger partial charge is 0.0632 e. The number of halogens is 2. The summed E-state index contributed by atoms with van der Waals surface area (Å²) in [6, 6.07) is 11.6. The summed E-state index contributed by atoms with van der Waals surface area (Å²) in [5.41, 5.74) is 8.75. The molecule has 18 heavy (non-hydrogen) atoms. The van der Waals surface area contributed by atoms with Crippen LogP contribution in [0.4, 0.5) is 5.69 Å². The number of nitrogens with two attached hydrogens (primary N) is 1. The van der Waals surface area contributed by atoms with Gasteiger partial charge >= 0.3 is 0 Å². The molecule has 0 fully saturated rings. The quantitative estimate of drug-likeness (QED) is 0.624. The van der Waals surface area contributed by atoms with Crippen LogP contribution >= 0.6 is 35.0 Å². The first kappa shape index (κ1) is 13.6. The molecule has 94 valence electrons.